The monoisotopic (exact) mass is 412 g/mol. The van der Waals surface area contributed by atoms with E-state index in [0.717, 1.165) is 10.4 Å². The molecule has 7 heteroatoms. The van der Waals surface area contributed by atoms with Crippen molar-refractivity contribution in [1.82, 2.24) is 10.3 Å². The molecule has 6 nitrogen and oxygen atoms in total. The topological polar surface area (TPSA) is 81.4 Å². The molecule has 0 fully saturated rings. The second-order valence-electron chi connectivity index (χ2n) is 7.17. The predicted molar refractivity (Wildman–Crippen MR) is 112 cm³/mol. The van der Waals surface area contributed by atoms with Crippen molar-refractivity contribution in [2.75, 3.05) is 0 Å². The molecule has 29 heavy (non-hydrogen) atoms. The molecule has 0 spiro atoms. The molecule has 0 saturated carbocycles. The van der Waals surface area contributed by atoms with E-state index in [1.807, 2.05) is 50.4 Å². The van der Waals surface area contributed by atoms with Crippen molar-refractivity contribution in [3.05, 3.63) is 64.4 Å². The molecule has 0 unspecified atom stereocenters. The van der Waals surface area contributed by atoms with Crippen molar-refractivity contribution in [2.45, 2.75) is 40.3 Å². The van der Waals surface area contributed by atoms with Crippen LogP contribution in [0.2, 0.25) is 0 Å². The molecule has 1 atom stereocenters. The molecule has 3 aromatic rings. The van der Waals surface area contributed by atoms with E-state index in [9.17, 15) is 9.59 Å². The summed E-state index contributed by atoms with van der Waals surface area (Å²) in [6.45, 7) is 7.41. The average molecular weight is 413 g/mol. The Balaban J connectivity index is 1.65. The van der Waals surface area contributed by atoms with Gasteiger partial charge in [0.1, 0.15) is 24.1 Å². The number of carbonyl (C=O) groups is 2. The second-order valence-corrected chi connectivity index (χ2v) is 8.12. The number of aromatic nitrogens is 1. The van der Waals surface area contributed by atoms with E-state index in [0.29, 0.717) is 22.9 Å². The molecule has 2 aromatic heterocycles. The molecule has 0 saturated heterocycles. The largest absolute Gasteiger partial charge is 0.457 e. The fraction of sp³-hybridized carbons (Fsp3) is 0.318. The minimum atomic E-state index is -0.757. The lowest BCUT2D eigenvalue weighted by atomic mass is 10.0. The number of oxazole rings is 1. The number of aryl methyl sites for hydroxylation is 2. The maximum absolute atomic E-state index is 12.6. The summed E-state index contributed by atoms with van der Waals surface area (Å²) >= 11 is 1.53. The van der Waals surface area contributed by atoms with Gasteiger partial charge in [-0.25, -0.2) is 9.78 Å². The molecule has 1 amide bonds. The van der Waals surface area contributed by atoms with Gasteiger partial charge in [-0.2, -0.15) is 0 Å². The molecule has 0 aliphatic heterocycles. The van der Waals surface area contributed by atoms with Crippen LogP contribution in [0.25, 0.3) is 10.8 Å². The fourth-order valence-electron chi connectivity index (χ4n) is 2.81. The highest BCUT2D eigenvalue weighted by atomic mass is 32.1. The van der Waals surface area contributed by atoms with Crippen LogP contribution in [0.1, 0.15) is 41.2 Å². The Kier molecular flexibility index (Phi) is 6.49. The lowest BCUT2D eigenvalue weighted by Crippen LogP contribution is -2.45. The van der Waals surface area contributed by atoms with Crippen molar-refractivity contribution in [3.8, 4) is 10.8 Å². The number of carbonyl (C=O) groups excluding carboxylic acids is 2. The second kappa shape index (κ2) is 9.05. The number of ether oxygens (including phenoxy) is 1. The van der Waals surface area contributed by atoms with Crippen LogP contribution in [0, 0.1) is 19.8 Å². The van der Waals surface area contributed by atoms with E-state index in [-0.39, 0.29) is 18.4 Å². The fourth-order valence-corrected chi connectivity index (χ4v) is 3.45. The van der Waals surface area contributed by atoms with Crippen molar-refractivity contribution in [2.24, 2.45) is 5.92 Å². The Morgan fingerprint density at radius 1 is 1.21 bits per heavy atom. The third kappa shape index (κ3) is 5.12. The normalized spacial score (nSPS) is 12.0. The Hall–Kier alpha value is -2.93. The maximum Gasteiger partial charge on any atom is 0.329 e. The number of hydrogen-bond acceptors (Lipinski definition) is 6. The minimum absolute atomic E-state index is 0.0108. The molecular weight excluding hydrogens is 388 g/mol. The number of nitrogens with zero attached hydrogens (tertiary/aromatic N) is 1. The third-order valence-corrected chi connectivity index (χ3v) is 5.32. The van der Waals surface area contributed by atoms with Gasteiger partial charge in [0.05, 0.1) is 4.88 Å². The molecular formula is C22H24N2O4S. The van der Waals surface area contributed by atoms with E-state index in [1.54, 1.807) is 19.1 Å². The van der Waals surface area contributed by atoms with Crippen LogP contribution in [0.3, 0.4) is 0 Å². The first kappa shape index (κ1) is 20.8. The van der Waals surface area contributed by atoms with Gasteiger partial charge in [-0.3, -0.25) is 4.79 Å². The first-order valence-corrected chi connectivity index (χ1v) is 10.3. The summed E-state index contributed by atoms with van der Waals surface area (Å²) in [4.78, 5) is 30.5. The van der Waals surface area contributed by atoms with Gasteiger partial charge in [-0.15, -0.1) is 11.3 Å². The molecule has 0 aliphatic carbocycles. The number of esters is 1. The predicted octanol–water partition coefficient (Wildman–Crippen LogP) is 4.52. The number of amides is 1. The molecule has 1 aromatic carbocycles. The number of nitrogens with one attached hydrogen (secondary N) is 1. The summed E-state index contributed by atoms with van der Waals surface area (Å²) in [5.41, 5.74) is 2.05. The third-order valence-electron chi connectivity index (χ3n) is 4.46. The zero-order valence-electron chi connectivity index (χ0n) is 16.9. The van der Waals surface area contributed by atoms with Gasteiger partial charge >= 0.3 is 5.97 Å². The number of rotatable bonds is 7. The maximum atomic E-state index is 12.6. The summed E-state index contributed by atoms with van der Waals surface area (Å²) in [6, 6.07) is 10.3. The summed E-state index contributed by atoms with van der Waals surface area (Å²) in [5.74, 6) is 0.183. The summed E-state index contributed by atoms with van der Waals surface area (Å²) in [5, 5.41) is 4.73. The van der Waals surface area contributed by atoms with Gasteiger partial charge < -0.3 is 14.5 Å². The van der Waals surface area contributed by atoms with Crippen LogP contribution >= 0.6 is 11.3 Å². The SMILES string of the molecule is Cc1cccc(C(=O)N[C@H](C(=O)OCc2nc(-c3cccs3)oc2C)C(C)C)c1. The van der Waals surface area contributed by atoms with Crippen molar-refractivity contribution >= 4 is 23.2 Å². The van der Waals surface area contributed by atoms with E-state index in [4.69, 9.17) is 9.15 Å². The van der Waals surface area contributed by atoms with E-state index in [2.05, 4.69) is 10.3 Å². The zero-order chi connectivity index (χ0) is 21.0. The number of thiophene rings is 1. The Bertz CT molecular complexity index is 992. The van der Waals surface area contributed by atoms with Crippen LogP contribution in [0.4, 0.5) is 0 Å². The quantitative estimate of drug-likeness (QED) is 0.577. The Morgan fingerprint density at radius 2 is 2.00 bits per heavy atom. The lowest BCUT2D eigenvalue weighted by molar-refractivity contribution is -0.148. The molecule has 3 rings (SSSR count). The van der Waals surface area contributed by atoms with Crippen LogP contribution < -0.4 is 5.32 Å². The molecule has 1 N–H and O–H groups in total. The highest BCUT2D eigenvalue weighted by Crippen LogP contribution is 2.26. The molecule has 2 heterocycles. The first-order valence-electron chi connectivity index (χ1n) is 9.39. The summed E-state index contributed by atoms with van der Waals surface area (Å²) < 4.78 is 11.1. The van der Waals surface area contributed by atoms with E-state index in [1.165, 1.54) is 11.3 Å². The standard InChI is InChI=1S/C22H24N2O4S/c1-13(2)19(24-20(25)16-8-5-7-14(3)11-16)22(26)27-12-17-15(4)28-21(23-17)18-9-6-10-29-18/h5-11,13,19H,12H2,1-4H3,(H,24,25)/t19-/m0/s1. The average Bonchev–Trinajstić information content (AvgIpc) is 3.33. The zero-order valence-corrected chi connectivity index (χ0v) is 17.7. The Morgan fingerprint density at radius 3 is 2.66 bits per heavy atom. The number of hydrogen-bond donors (Lipinski definition) is 1. The number of benzene rings is 1. The van der Waals surface area contributed by atoms with Crippen molar-refractivity contribution < 1.29 is 18.7 Å². The van der Waals surface area contributed by atoms with Crippen LogP contribution in [-0.2, 0) is 16.1 Å². The molecule has 152 valence electrons. The van der Waals surface area contributed by atoms with Gasteiger partial charge in [0.15, 0.2) is 0 Å². The van der Waals surface area contributed by atoms with Gasteiger partial charge in [-0.1, -0.05) is 37.6 Å². The van der Waals surface area contributed by atoms with Gasteiger partial charge in [-0.05, 0) is 43.3 Å². The first-order chi connectivity index (χ1) is 13.8. The smallest absolute Gasteiger partial charge is 0.329 e. The highest BCUT2D eigenvalue weighted by Gasteiger charge is 2.27. The summed E-state index contributed by atoms with van der Waals surface area (Å²) in [6.07, 6.45) is 0. The van der Waals surface area contributed by atoms with E-state index < -0.39 is 12.0 Å². The van der Waals surface area contributed by atoms with Crippen LogP contribution in [-0.4, -0.2) is 22.9 Å². The van der Waals surface area contributed by atoms with Crippen LogP contribution in [0.5, 0.6) is 0 Å². The van der Waals surface area contributed by atoms with Crippen molar-refractivity contribution in [1.29, 1.82) is 0 Å². The lowest BCUT2D eigenvalue weighted by Gasteiger charge is -2.20. The summed E-state index contributed by atoms with van der Waals surface area (Å²) in [7, 11) is 0. The van der Waals surface area contributed by atoms with Crippen LogP contribution in [0.15, 0.2) is 46.2 Å². The minimum Gasteiger partial charge on any atom is -0.457 e. The van der Waals surface area contributed by atoms with Gasteiger partial charge in [0.2, 0.25) is 5.89 Å². The molecule has 0 bridgehead atoms. The Labute approximate surface area is 173 Å². The van der Waals surface area contributed by atoms with Gasteiger partial charge in [0.25, 0.3) is 5.91 Å². The highest BCUT2D eigenvalue weighted by molar-refractivity contribution is 7.13. The van der Waals surface area contributed by atoms with Gasteiger partial charge in [0, 0.05) is 5.56 Å². The molecule has 0 radical (unpaired) electrons. The van der Waals surface area contributed by atoms with E-state index >= 15 is 0 Å². The molecule has 0 aliphatic rings. The van der Waals surface area contributed by atoms with Crippen molar-refractivity contribution in [3.63, 3.8) is 0 Å².